The Morgan fingerprint density at radius 2 is 1.90 bits per heavy atom. The average molecular weight is 403 g/mol. The molecule has 2 rings (SSSR count). The number of hydrogen-bond donors (Lipinski definition) is 3. The van der Waals surface area contributed by atoms with Crippen LogP contribution in [0.5, 0.6) is 5.75 Å². The minimum Gasteiger partial charge on any atom is -0.481 e. The van der Waals surface area contributed by atoms with Crippen LogP contribution in [0.4, 0.5) is 4.39 Å². The van der Waals surface area contributed by atoms with Gasteiger partial charge in [-0.05, 0) is 42.7 Å². The second kappa shape index (κ2) is 11.5. The second-order valence-electron chi connectivity index (χ2n) is 7.17. The molecule has 0 aromatic heterocycles. The van der Waals surface area contributed by atoms with Crippen molar-refractivity contribution in [2.24, 2.45) is 0 Å². The van der Waals surface area contributed by atoms with Crippen LogP contribution in [-0.2, 0) is 4.79 Å². The number of halogens is 1. The number of ether oxygens (including phenoxy) is 1. The van der Waals surface area contributed by atoms with Crippen molar-refractivity contribution in [2.75, 3.05) is 6.54 Å². The van der Waals surface area contributed by atoms with Crippen LogP contribution in [0.25, 0.3) is 11.1 Å². The fourth-order valence-electron chi connectivity index (χ4n) is 3.04. The Kier molecular flexibility index (Phi) is 9.09. The van der Waals surface area contributed by atoms with Gasteiger partial charge in [-0.3, -0.25) is 10.1 Å². The summed E-state index contributed by atoms with van der Waals surface area (Å²) < 4.78 is 20.0. The zero-order valence-electron chi connectivity index (χ0n) is 17.0. The molecule has 0 saturated heterocycles. The van der Waals surface area contributed by atoms with E-state index >= 15 is 0 Å². The maximum Gasteiger partial charge on any atom is 0.310 e. The molecule has 0 bridgehead atoms. The molecule has 0 saturated carbocycles. The monoisotopic (exact) mass is 403 g/mol. The van der Waals surface area contributed by atoms with Crippen LogP contribution >= 0.6 is 0 Å². The van der Waals surface area contributed by atoms with E-state index in [0.717, 1.165) is 12.8 Å². The molecule has 0 aliphatic rings. The first-order valence-electron chi connectivity index (χ1n) is 10.1. The van der Waals surface area contributed by atoms with Gasteiger partial charge in [-0.2, -0.15) is 0 Å². The number of aliphatic hydroxyl groups excluding tert-OH is 1. The highest BCUT2D eigenvalue weighted by Gasteiger charge is 2.16. The van der Waals surface area contributed by atoms with E-state index in [1.807, 2.05) is 0 Å². The van der Waals surface area contributed by atoms with Gasteiger partial charge in [-0.25, -0.2) is 4.39 Å². The van der Waals surface area contributed by atoms with Crippen LogP contribution in [0.2, 0.25) is 0 Å². The van der Waals surface area contributed by atoms with E-state index in [4.69, 9.17) is 9.84 Å². The SMILES string of the molecule is CCCCCCCNC(O)Oc1cccc(-c2ccc(C(C)C(=O)O)cc2F)c1. The summed E-state index contributed by atoms with van der Waals surface area (Å²) in [5, 5.41) is 22.0. The fourth-order valence-corrected chi connectivity index (χ4v) is 3.04. The maximum atomic E-state index is 14.6. The highest BCUT2D eigenvalue weighted by atomic mass is 19.1. The summed E-state index contributed by atoms with van der Waals surface area (Å²) in [5.41, 5.74) is 1.33. The van der Waals surface area contributed by atoms with Gasteiger partial charge in [0.1, 0.15) is 11.6 Å². The Labute approximate surface area is 171 Å². The number of carboxylic acid groups (broad SMARTS) is 1. The number of aliphatic carboxylic acids is 1. The molecule has 5 nitrogen and oxygen atoms in total. The van der Waals surface area contributed by atoms with Crippen LogP contribution in [0, 0.1) is 5.82 Å². The summed E-state index contributed by atoms with van der Waals surface area (Å²) in [6, 6.07) is 11.2. The lowest BCUT2D eigenvalue weighted by molar-refractivity contribution is -0.138. The number of rotatable bonds is 12. The van der Waals surface area contributed by atoms with Gasteiger partial charge in [-0.1, -0.05) is 56.9 Å². The molecule has 2 unspecified atom stereocenters. The van der Waals surface area contributed by atoms with Crippen molar-refractivity contribution in [1.82, 2.24) is 5.32 Å². The molecular formula is C23H30FNO4. The Morgan fingerprint density at radius 1 is 1.14 bits per heavy atom. The third kappa shape index (κ3) is 7.15. The highest BCUT2D eigenvalue weighted by Crippen LogP contribution is 2.29. The van der Waals surface area contributed by atoms with Crippen LogP contribution in [0.15, 0.2) is 42.5 Å². The molecule has 0 spiro atoms. The van der Waals surface area contributed by atoms with Gasteiger partial charge in [0.2, 0.25) is 0 Å². The zero-order chi connectivity index (χ0) is 21.2. The van der Waals surface area contributed by atoms with Crippen molar-refractivity contribution in [3.8, 4) is 16.9 Å². The Balaban J connectivity index is 1.98. The van der Waals surface area contributed by atoms with E-state index in [9.17, 15) is 14.3 Å². The van der Waals surface area contributed by atoms with Crippen LogP contribution in [0.3, 0.4) is 0 Å². The van der Waals surface area contributed by atoms with Gasteiger partial charge in [0.05, 0.1) is 5.92 Å². The minimum atomic E-state index is -1.14. The van der Waals surface area contributed by atoms with Crippen molar-refractivity contribution in [3.05, 3.63) is 53.8 Å². The van der Waals surface area contributed by atoms with E-state index in [1.54, 1.807) is 36.4 Å². The normalized spacial score (nSPS) is 13.1. The lowest BCUT2D eigenvalue weighted by atomic mass is 9.97. The highest BCUT2D eigenvalue weighted by molar-refractivity contribution is 5.76. The molecule has 2 aromatic carbocycles. The summed E-state index contributed by atoms with van der Waals surface area (Å²) in [6.07, 6.45) is 4.54. The third-order valence-corrected chi connectivity index (χ3v) is 4.86. The Hall–Kier alpha value is -2.44. The zero-order valence-corrected chi connectivity index (χ0v) is 17.0. The molecule has 6 heteroatoms. The average Bonchev–Trinajstić information content (AvgIpc) is 2.70. The van der Waals surface area contributed by atoms with Crippen molar-refractivity contribution in [3.63, 3.8) is 0 Å². The number of benzene rings is 2. The number of carboxylic acids is 1. The largest absolute Gasteiger partial charge is 0.481 e. The lowest BCUT2D eigenvalue weighted by Gasteiger charge is -2.16. The fraction of sp³-hybridized carbons (Fsp3) is 0.435. The quantitative estimate of drug-likeness (QED) is 0.347. The molecule has 2 aromatic rings. The van der Waals surface area contributed by atoms with E-state index in [-0.39, 0.29) is 0 Å². The second-order valence-corrected chi connectivity index (χ2v) is 7.17. The molecule has 3 N–H and O–H groups in total. The summed E-state index contributed by atoms with van der Waals surface area (Å²) in [4.78, 5) is 11.1. The molecule has 2 atom stereocenters. The summed E-state index contributed by atoms with van der Waals surface area (Å²) in [5.74, 6) is -1.87. The van der Waals surface area contributed by atoms with Crippen molar-refractivity contribution in [1.29, 1.82) is 0 Å². The molecule has 158 valence electrons. The first kappa shape index (κ1) is 22.8. The topological polar surface area (TPSA) is 78.8 Å². The van der Waals surface area contributed by atoms with E-state index in [1.165, 1.54) is 32.3 Å². The predicted molar refractivity (Wildman–Crippen MR) is 111 cm³/mol. The van der Waals surface area contributed by atoms with E-state index < -0.39 is 24.1 Å². The Bertz CT molecular complexity index is 796. The van der Waals surface area contributed by atoms with Gasteiger partial charge in [0, 0.05) is 12.1 Å². The van der Waals surface area contributed by atoms with E-state index in [0.29, 0.717) is 29.0 Å². The predicted octanol–water partition coefficient (Wildman–Crippen LogP) is 4.90. The summed E-state index contributed by atoms with van der Waals surface area (Å²) in [6.45, 7) is 4.34. The molecular weight excluding hydrogens is 373 g/mol. The van der Waals surface area contributed by atoms with Gasteiger partial charge < -0.3 is 14.9 Å². The number of carbonyl (C=O) groups is 1. The van der Waals surface area contributed by atoms with Crippen molar-refractivity contribution in [2.45, 2.75) is 58.3 Å². The lowest BCUT2D eigenvalue weighted by Crippen LogP contribution is -2.34. The number of unbranched alkanes of at least 4 members (excludes halogenated alkanes) is 4. The molecule has 0 aliphatic carbocycles. The summed E-state index contributed by atoms with van der Waals surface area (Å²) >= 11 is 0. The third-order valence-electron chi connectivity index (χ3n) is 4.86. The smallest absolute Gasteiger partial charge is 0.310 e. The molecule has 29 heavy (non-hydrogen) atoms. The maximum absolute atomic E-state index is 14.6. The Morgan fingerprint density at radius 3 is 2.59 bits per heavy atom. The molecule has 0 radical (unpaired) electrons. The molecule has 0 aliphatic heterocycles. The molecule has 0 heterocycles. The van der Waals surface area contributed by atoms with Crippen molar-refractivity contribution >= 4 is 5.97 Å². The van der Waals surface area contributed by atoms with Gasteiger partial charge in [0.25, 0.3) is 6.41 Å². The van der Waals surface area contributed by atoms with Crippen LogP contribution < -0.4 is 10.1 Å². The number of nitrogens with one attached hydrogen (secondary N) is 1. The van der Waals surface area contributed by atoms with Gasteiger partial charge in [0.15, 0.2) is 0 Å². The first-order valence-corrected chi connectivity index (χ1v) is 10.1. The minimum absolute atomic E-state index is 0.343. The number of hydrogen-bond acceptors (Lipinski definition) is 4. The molecule has 0 fully saturated rings. The first-order chi connectivity index (χ1) is 13.9. The van der Waals surface area contributed by atoms with Gasteiger partial charge >= 0.3 is 5.97 Å². The molecule has 0 amide bonds. The van der Waals surface area contributed by atoms with Crippen molar-refractivity contribution < 1.29 is 24.1 Å². The van der Waals surface area contributed by atoms with Crippen LogP contribution in [0.1, 0.15) is 57.4 Å². The van der Waals surface area contributed by atoms with Crippen LogP contribution in [-0.4, -0.2) is 29.1 Å². The van der Waals surface area contributed by atoms with Gasteiger partial charge in [-0.15, -0.1) is 0 Å². The summed E-state index contributed by atoms with van der Waals surface area (Å²) in [7, 11) is 0. The standard InChI is InChI=1S/C23H30FNO4/c1-3-4-5-6-7-13-25-23(28)29-19-10-8-9-18(14-19)20-12-11-17(15-21(20)24)16(2)22(26)27/h8-12,14-16,23,25,28H,3-7,13H2,1-2H3,(H,26,27). The number of aliphatic hydroxyl groups is 1. The van der Waals surface area contributed by atoms with E-state index in [2.05, 4.69) is 12.2 Å².